The predicted molar refractivity (Wildman–Crippen MR) is 174 cm³/mol. The Hall–Kier alpha value is -4.44. The number of nitrogens with zero attached hydrogens (tertiary/aromatic N) is 3. The highest BCUT2D eigenvalue weighted by Gasteiger charge is 2.72. The molecule has 3 amide bonds. The molecule has 3 aromatic carbocycles. The number of aliphatic hydroxyl groups excluding tert-OH is 1. The van der Waals surface area contributed by atoms with Gasteiger partial charge in [0.05, 0.1) is 47.9 Å². The van der Waals surface area contributed by atoms with Crippen LogP contribution < -0.4 is 14.5 Å². The van der Waals surface area contributed by atoms with Crippen LogP contribution in [-0.2, 0) is 19.1 Å². The fraction of sp³-hybridized carbons (Fsp3) is 0.306. The average molecular weight is 640 g/mol. The number of fused-ring (bicyclic) bond motifs is 2. The zero-order valence-corrected chi connectivity index (χ0v) is 26.0. The molecular weight excluding hydrogens is 606 g/mol. The van der Waals surface area contributed by atoms with Crippen LogP contribution in [0, 0.1) is 11.8 Å². The molecule has 0 bridgehead atoms. The summed E-state index contributed by atoms with van der Waals surface area (Å²) in [5.74, 6) is -2.34. The Morgan fingerprint density at radius 1 is 0.913 bits per heavy atom. The second kappa shape index (κ2) is 12.1. The van der Waals surface area contributed by atoms with E-state index in [2.05, 4.69) is 0 Å². The van der Waals surface area contributed by atoms with Crippen LogP contribution in [0.1, 0.15) is 18.5 Å². The van der Waals surface area contributed by atoms with Crippen LogP contribution in [-0.4, -0.2) is 71.8 Å². The van der Waals surface area contributed by atoms with Gasteiger partial charge in [0.1, 0.15) is 17.4 Å². The van der Waals surface area contributed by atoms with E-state index < -0.39 is 54.0 Å². The number of benzene rings is 3. The van der Waals surface area contributed by atoms with Gasteiger partial charge in [-0.15, -0.1) is 0 Å². The Balaban J connectivity index is 1.34. The van der Waals surface area contributed by atoms with Crippen molar-refractivity contribution in [3.63, 3.8) is 0 Å². The molecule has 9 nitrogen and oxygen atoms in total. The van der Waals surface area contributed by atoms with Crippen LogP contribution in [0.4, 0.5) is 11.4 Å². The number of halogens is 1. The summed E-state index contributed by atoms with van der Waals surface area (Å²) in [7, 11) is 0. The van der Waals surface area contributed by atoms with Crippen LogP contribution >= 0.6 is 11.6 Å². The average Bonchev–Trinajstić information content (AvgIpc) is 3.38. The molecule has 0 radical (unpaired) electrons. The summed E-state index contributed by atoms with van der Waals surface area (Å²) in [5.41, 5.74) is 0.354. The first-order chi connectivity index (χ1) is 22.4. The third-order valence-corrected chi connectivity index (χ3v) is 9.71. The largest absolute Gasteiger partial charge is 0.494 e. The van der Waals surface area contributed by atoms with E-state index in [1.807, 2.05) is 79.7 Å². The second-order valence-electron chi connectivity index (χ2n) is 11.8. The lowest BCUT2D eigenvalue weighted by Gasteiger charge is -2.38. The van der Waals surface area contributed by atoms with Crippen molar-refractivity contribution in [1.29, 1.82) is 0 Å². The molecular formula is C36H34ClN3O6. The molecule has 1 spiro atoms. The van der Waals surface area contributed by atoms with Crippen LogP contribution in [0.3, 0.4) is 0 Å². The van der Waals surface area contributed by atoms with Gasteiger partial charge in [-0.05, 0) is 48.9 Å². The number of amides is 3. The molecule has 1 unspecified atom stereocenters. The number of ether oxygens (including phenoxy) is 2. The lowest BCUT2D eigenvalue weighted by Crippen LogP contribution is -2.56. The van der Waals surface area contributed by atoms with E-state index in [1.165, 1.54) is 4.90 Å². The third-order valence-electron chi connectivity index (χ3n) is 9.39. The number of rotatable bonds is 7. The van der Waals surface area contributed by atoms with Gasteiger partial charge in [-0.1, -0.05) is 78.4 Å². The van der Waals surface area contributed by atoms with E-state index in [-0.39, 0.29) is 12.5 Å². The summed E-state index contributed by atoms with van der Waals surface area (Å²) >= 11 is 6.58. The quantitative estimate of drug-likeness (QED) is 0.381. The Bertz CT molecular complexity index is 1710. The lowest BCUT2D eigenvalue weighted by atomic mass is 9.77. The van der Waals surface area contributed by atoms with E-state index in [4.69, 9.17) is 21.1 Å². The zero-order chi connectivity index (χ0) is 32.0. The van der Waals surface area contributed by atoms with Crippen molar-refractivity contribution >= 4 is 40.7 Å². The molecule has 4 aliphatic rings. The number of likely N-dealkylation sites (tertiary alicyclic amines) is 1. The Kier molecular flexibility index (Phi) is 7.92. The number of anilines is 2. The van der Waals surface area contributed by atoms with Crippen molar-refractivity contribution in [1.82, 2.24) is 4.90 Å². The van der Waals surface area contributed by atoms with Gasteiger partial charge in [-0.25, -0.2) is 0 Å². The Labute approximate surface area is 272 Å². The van der Waals surface area contributed by atoms with Gasteiger partial charge < -0.3 is 29.3 Å². The highest BCUT2D eigenvalue weighted by Crippen LogP contribution is 2.55. The maximum atomic E-state index is 14.9. The standard InChI is InChI=1S/C36H34ClN3O6/c1-2-45-25-17-15-24(16-18-25)38-20-8-14-29-30(33(38)42)31-34(43)40(28(22-41)23-10-4-3-5-11-23)32-35(44)39(21-9-19-36(31,32)46-29)27-13-7-6-12-26(27)37/h3-19,28-32,41H,2,20-22H2,1H3/t28-,29-,30+,31+,32?,36+/m1/s1. The number of carbonyl (C=O) groups excluding carboxylic acids is 3. The Morgan fingerprint density at radius 2 is 1.63 bits per heavy atom. The van der Waals surface area contributed by atoms with Crippen molar-refractivity contribution in [2.75, 3.05) is 36.1 Å². The lowest BCUT2D eigenvalue weighted by molar-refractivity contribution is -0.144. The molecule has 2 fully saturated rings. The van der Waals surface area contributed by atoms with Gasteiger partial charge in [0, 0.05) is 18.8 Å². The van der Waals surface area contributed by atoms with Crippen LogP contribution in [0.5, 0.6) is 5.75 Å². The molecule has 236 valence electrons. The number of aliphatic hydroxyl groups is 1. The normalized spacial score (nSPS) is 27.6. The molecule has 10 heteroatoms. The SMILES string of the molecule is CCOc1ccc(N2CC=C[C@H]3O[C@]45C=CCN(c6ccccc6Cl)C(=O)C4N([C@H](CO)c4ccccc4)C(=O)[C@@H]5[C@H]3C2=O)cc1. The Morgan fingerprint density at radius 3 is 2.35 bits per heavy atom. The summed E-state index contributed by atoms with van der Waals surface area (Å²) in [5, 5.41) is 11.2. The fourth-order valence-corrected chi connectivity index (χ4v) is 7.69. The first-order valence-corrected chi connectivity index (χ1v) is 15.9. The highest BCUT2D eigenvalue weighted by atomic mass is 35.5. The van der Waals surface area contributed by atoms with Crippen molar-refractivity contribution < 1.29 is 29.0 Å². The van der Waals surface area contributed by atoms with Crippen molar-refractivity contribution in [2.45, 2.75) is 30.7 Å². The molecule has 1 N–H and O–H groups in total. The van der Waals surface area contributed by atoms with Crippen molar-refractivity contribution in [2.24, 2.45) is 11.8 Å². The minimum Gasteiger partial charge on any atom is -0.494 e. The predicted octanol–water partition coefficient (Wildman–Crippen LogP) is 4.56. The van der Waals surface area contributed by atoms with Gasteiger partial charge in [-0.3, -0.25) is 14.4 Å². The smallest absolute Gasteiger partial charge is 0.253 e. The molecule has 0 aliphatic carbocycles. The van der Waals surface area contributed by atoms with E-state index >= 15 is 0 Å². The number of hydrogen-bond acceptors (Lipinski definition) is 6. The first kappa shape index (κ1) is 30.2. The van der Waals surface area contributed by atoms with Crippen LogP contribution in [0.15, 0.2) is 103 Å². The van der Waals surface area contributed by atoms with Gasteiger partial charge in [-0.2, -0.15) is 0 Å². The summed E-state index contributed by atoms with van der Waals surface area (Å²) < 4.78 is 12.4. The van der Waals surface area contributed by atoms with Gasteiger partial charge in [0.2, 0.25) is 11.8 Å². The fourth-order valence-electron chi connectivity index (χ4n) is 7.45. The molecule has 0 saturated carbocycles. The molecule has 7 rings (SSSR count). The topological polar surface area (TPSA) is 99.6 Å². The van der Waals surface area contributed by atoms with Crippen molar-refractivity contribution in [3.05, 3.63) is 114 Å². The zero-order valence-electron chi connectivity index (χ0n) is 25.2. The van der Waals surface area contributed by atoms with E-state index in [9.17, 15) is 19.5 Å². The van der Waals surface area contributed by atoms with Crippen LogP contribution in [0.2, 0.25) is 5.02 Å². The number of carbonyl (C=O) groups is 3. The summed E-state index contributed by atoms with van der Waals surface area (Å²) in [6.45, 7) is 2.47. The molecule has 6 atom stereocenters. The molecule has 4 heterocycles. The number of para-hydroxylation sites is 1. The maximum Gasteiger partial charge on any atom is 0.253 e. The molecule has 0 aromatic heterocycles. The molecule has 3 aromatic rings. The second-order valence-corrected chi connectivity index (χ2v) is 12.2. The van der Waals surface area contributed by atoms with E-state index in [0.29, 0.717) is 40.9 Å². The molecule has 4 aliphatic heterocycles. The first-order valence-electron chi connectivity index (χ1n) is 15.5. The highest BCUT2D eigenvalue weighted by molar-refractivity contribution is 6.34. The summed E-state index contributed by atoms with van der Waals surface area (Å²) in [6.07, 6.45) is 6.55. The van der Waals surface area contributed by atoms with E-state index in [0.717, 1.165) is 0 Å². The van der Waals surface area contributed by atoms with Crippen LogP contribution in [0.25, 0.3) is 0 Å². The summed E-state index contributed by atoms with van der Waals surface area (Å²) in [6, 6.07) is 21.4. The third kappa shape index (κ3) is 4.73. The minimum absolute atomic E-state index is 0.186. The molecule has 46 heavy (non-hydrogen) atoms. The maximum absolute atomic E-state index is 14.9. The van der Waals surface area contributed by atoms with Gasteiger partial charge >= 0.3 is 0 Å². The monoisotopic (exact) mass is 639 g/mol. The molecule has 2 saturated heterocycles. The summed E-state index contributed by atoms with van der Waals surface area (Å²) in [4.78, 5) is 48.8. The van der Waals surface area contributed by atoms with Gasteiger partial charge in [0.25, 0.3) is 5.91 Å². The number of hydrogen-bond donors (Lipinski definition) is 1. The minimum atomic E-state index is -1.47. The van der Waals surface area contributed by atoms with Crippen molar-refractivity contribution in [3.8, 4) is 5.75 Å². The van der Waals surface area contributed by atoms with E-state index in [1.54, 1.807) is 40.1 Å². The van der Waals surface area contributed by atoms with Gasteiger partial charge in [0.15, 0.2) is 0 Å².